The Morgan fingerprint density at radius 3 is 2.75 bits per heavy atom. The van der Waals surface area contributed by atoms with E-state index in [1.807, 2.05) is 6.08 Å². The molecule has 1 aliphatic heterocycles. The Morgan fingerprint density at radius 2 is 2.05 bits per heavy atom. The lowest BCUT2D eigenvalue weighted by Gasteiger charge is -2.27. The second-order valence-electron chi connectivity index (χ2n) is 5.30. The maximum absolute atomic E-state index is 12.9. The maximum atomic E-state index is 12.9. The first-order chi connectivity index (χ1) is 9.50. The van der Waals surface area contributed by atoms with Crippen LogP contribution in [-0.2, 0) is 6.18 Å². The lowest BCUT2D eigenvalue weighted by molar-refractivity contribution is -0.137. The first kappa shape index (κ1) is 15.1. The first-order valence-electron chi connectivity index (χ1n) is 7.08. The van der Waals surface area contributed by atoms with Crippen LogP contribution in [0, 0.1) is 5.92 Å². The van der Waals surface area contributed by atoms with Gasteiger partial charge in [0.05, 0.1) is 5.56 Å². The summed E-state index contributed by atoms with van der Waals surface area (Å²) < 4.78 is 38.6. The minimum atomic E-state index is -4.30. The molecule has 1 nitrogen and oxygen atoms in total. The largest absolute Gasteiger partial charge is 0.416 e. The Hall–Kier alpha value is -1.29. The summed E-state index contributed by atoms with van der Waals surface area (Å²) in [4.78, 5) is 0. The molecular formula is C16H20F3N. The Kier molecular flexibility index (Phi) is 4.86. The highest BCUT2D eigenvalue weighted by Gasteiger charge is 2.32. The van der Waals surface area contributed by atoms with Crippen molar-refractivity contribution in [3.05, 3.63) is 41.5 Å². The van der Waals surface area contributed by atoms with E-state index in [2.05, 4.69) is 12.2 Å². The Morgan fingerprint density at radius 1 is 1.30 bits per heavy atom. The van der Waals surface area contributed by atoms with Crippen LogP contribution in [0.15, 0.2) is 30.3 Å². The van der Waals surface area contributed by atoms with Crippen LogP contribution in [0.25, 0.3) is 6.08 Å². The summed E-state index contributed by atoms with van der Waals surface area (Å²) in [6.07, 6.45) is 2.45. The average molecular weight is 283 g/mol. The third-order valence-electron chi connectivity index (χ3n) is 3.90. The zero-order valence-corrected chi connectivity index (χ0v) is 11.6. The molecule has 0 amide bonds. The van der Waals surface area contributed by atoms with Gasteiger partial charge in [0.15, 0.2) is 0 Å². The molecule has 110 valence electrons. The number of nitrogens with one attached hydrogen (secondary N) is 1. The number of halogens is 3. The summed E-state index contributed by atoms with van der Waals surface area (Å²) in [6, 6.07) is 5.88. The second kappa shape index (κ2) is 6.44. The molecule has 1 fully saturated rings. The first-order valence-corrected chi connectivity index (χ1v) is 7.08. The van der Waals surface area contributed by atoms with Crippen LogP contribution in [0.1, 0.15) is 37.3 Å². The topological polar surface area (TPSA) is 12.0 Å². The quantitative estimate of drug-likeness (QED) is 0.861. The van der Waals surface area contributed by atoms with Crippen molar-refractivity contribution in [2.45, 2.75) is 38.4 Å². The Labute approximate surface area is 117 Å². The molecule has 1 saturated heterocycles. The van der Waals surface area contributed by atoms with E-state index < -0.39 is 11.7 Å². The van der Waals surface area contributed by atoms with Gasteiger partial charge < -0.3 is 5.32 Å². The minimum Gasteiger partial charge on any atom is -0.310 e. The van der Waals surface area contributed by atoms with Gasteiger partial charge in [-0.2, -0.15) is 13.2 Å². The zero-order valence-electron chi connectivity index (χ0n) is 11.6. The van der Waals surface area contributed by atoms with Crippen molar-refractivity contribution in [1.82, 2.24) is 5.32 Å². The van der Waals surface area contributed by atoms with Crippen molar-refractivity contribution >= 4 is 6.08 Å². The van der Waals surface area contributed by atoms with Gasteiger partial charge in [-0.05, 0) is 36.9 Å². The van der Waals surface area contributed by atoms with Crippen LogP contribution in [0.2, 0.25) is 0 Å². The fourth-order valence-electron chi connectivity index (χ4n) is 2.67. The highest BCUT2D eigenvalue weighted by molar-refractivity contribution is 5.55. The summed E-state index contributed by atoms with van der Waals surface area (Å²) in [6.45, 7) is 3.10. The molecule has 2 rings (SSSR count). The predicted octanol–water partition coefficient (Wildman–Crippen LogP) is 4.50. The van der Waals surface area contributed by atoms with Crippen molar-refractivity contribution < 1.29 is 13.2 Å². The van der Waals surface area contributed by atoms with Crippen LogP contribution in [0.3, 0.4) is 0 Å². The van der Waals surface area contributed by atoms with Crippen LogP contribution >= 0.6 is 0 Å². The van der Waals surface area contributed by atoms with Crippen molar-refractivity contribution in [3.8, 4) is 0 Å². The van der Waals surface area contributed by atoms with E-state index in [1.54, 1.807) is 12.1 Å². The number of hydrogen-bond acceptors (Lipinski definition) is 1. The molecule has 0 aromatic heterocycles. The highest BCUT2D eigenvalue weighted by Crippen LogP contribution is 2.32. The molecule has 1 aromatic rings. The van der Waals surface area contributed by atoms with Gasteiger partial charge in [-0.1, -0.05) is 43.7 Å². The second-order valence-corrected chi connectivity index (χ2v) is 5.30. The third kappa shape index (κ3) is 3.85. The van der Waals surface area contributed by atoms with Crippen LogP contribution in [0.5, 0.6) is 0 Å². The molecular weight excluding hydrogens is 263 g/mol. The molecule has 0 radical (unpaired) electrons. The standard InChI is InChI=1S/C16H20F3N/c1-2-12-9-10-20-14(11-12)8-7-13-5-3-4-6-15(13)16(17,18)19/h3-8,12,14,20H,2,9-11H2,1H3/b8-7+. The molecule has 2 unspecified atom stereocenters. The third-order valence-corrected chi connectivity index (χ3v) is 3.90. The summed E-state index contributed by atoms with van der Waals surface area (Å²) in [5.74, 6) is 0.670. The van der Waals surface area contributed by atoms with Gasteiger partial charge in [0, 0.05) is 6.04 Å². The number of piperidine rings is 1. The van der Waals surface area contributed by atoms with E-state index in [1.165, 1.54) is 12.1 Å². The monoisotopic (exact) mass is 283 g/mol. The Bertz CT molecular complexity index is 465. The van der Waals surface area contributed by atoms with Gasteiger partial charge in [-0.3, -0.25) is 0 Å². The average Bonchev–Trinajstić information content (AvgIpc) is 2.44. The SMILES string of the molecule is CCC1CCNC(/C=C/c2ccccc2C(F)(F)F)C1. The van der Waals surface area contributed by atoms with Gasteiger partial charge in [0.1, 0.15) is 0 Å². The van der Waals surface area contributed by atoms with Gasteiger partial charge in [-0.15, -0.1) is 0 Å². The van der Waals surface area contributed by atoms with Gasteiger partial charge >= 0.3 is 6.18 Å². The Balaban J connectivity index is 2.12. The fourth-order valence-corrected chi connectivity index (χ4v) is 2.67. The van der Waals surface area contributed by atoms with Crippen molar-refractivity contribution in [3.63, 3.8) is 0 Å². The zero-order chi connectivity index (χ0) is 14.6. The van der Waals surface area contributed by atoms with E-state index in [0.717, 1.165) is 31.9 Å². The summed E-state index contributed by atoms with van der Waals surface area (Å²) in [5, 5.41) is 3.34. The van der Waals surface area contributed by atoms with Crippen molar-refractivity contribution in [2.75, 3.05) is 6.54 Å². The molecule has 1 aliphatic rings. The van der Waals surface area contributed by atoms with E-state index in [4.69, 9.17) is 0 Å². The molecule has 0 spiro atoms. The van der Waals surface area contributed by atoms with Crippen molar-refractivity contribution in [2.24, 2.45) is 5.92 Å². The van der Waals surface area contributed by atoms with Crippen molar-refractivity contribution in [1.29, 1.82) is 0 Å². The molecule has 4 heteroatoms. The molecule has 20 heavy (non-hydrogen) atoms. The summed E-state index contributed by atoms with van der Waals surface area (Å²) in [7, 11) is 0. The minimum absolute atomic E-state index is 0.176. The van der Waals surface area contributed by atoms with Gasteiger partial charge in [-0.25, -0.2) is 0 Å². The lowest BCUT2D eigenvalue weighted by atomic mass is 9.90. The summed E-state index contributed by atoms with van der Waals surface area (Å²) >= 11 is 0. The van der Waals surface area contributed by atoms with Crippen LogP contribution < -0.4 is 5.32 Å². The number of rotatable bonds is 3. The number of alkyl halides is 3. The normalized spacial score (nSPS) is 24.2. The predicted molar refractivity (Wildman–Crippen MR) is 75.3 cm³/mol. The van der Waals surface area contributed by atoms with E-state index >= 15 is 0 Å². The lowest BCUT2D eigenvalue weighted by Crippen LogP contribution is -2.36. The van der Waals surface area contributed by atoms with Gasteiger partial charge in [0.25, 0.3) is 0 Å². The fraction of sp³-hybridized carbons (Fsp3) is 0.500. The van der Waals surface area contributed by atoms with E-state index in [0.29, 0.717) is 5.92 Å². The molecule has 1 aromatic carbocycles. The summed E-state index contributed by atoms with van der Waals surface area (Å²) in [5.41, 5.74) is -0.334. The smallest absolute Gasteiger partial charge is 0.310 e. The number of hydrogen-bond donors (Lipinski definition) is 1. The molecule has 0 aliphatic carbocycles. The number of benzene rings is 1. The van der Waals surface area contributed by atoms with Crippen LogP contribution in [-0.4, -0.2) is 12.6 Å². The maximum Gasteiger partial charge on any atom is 0.416 e. The highest BCUT2D eigenvalue weighted by atomic mass is 19.4. The van der Waals surface area contributed by atoms with E-state index in [9.17, 15) is 13.2 Å². The molecule has 0 bridgehead atoms. The van der Waals surface area contributed by atoms with Crippen LogP contribution in [0.4, 0.5) is 13.2 Å². The van der Waals surface area contributed by atoms with Gasteiger partial charge in [0.2, 0.25) is 0 Å². The molecule has 2 atom stereocenters. The molecule has 1 heterocycles. The molecule has 1 N–H and O–H groups in total. The molecule has 0 saturated carbocycles. The van der Waals surface area contributed by atoms with E-state index in [-0.39, 0.29) is 11.6 Å².